The Bertz CT molecular complexity index is 132. The molecule has 0 aromatic rings. The van der Waals surface area contributed by atoms with Crippen molar-refractivity contribution in [2.45, 2.75) is 20.8 Å². The lowest BCUT2D eigenvalue weighted by Crippen LogP contribution is -1.86. The molecule has 0 saturated carbocycles. The summed E-state index contributed by atoms with van der Waals surface area (Å²) in [6, 6.07) is 0. The van der Waals surface area contributed by atoms with E-state index in [1.54, 1.807) is 0 Å². The summed E-state index contributed by atoms with van der Waals surface area (Å²) in [6.45, 7) is 8.77. The molecule has 0 radical (unpaired) electrons. The van der Waals surface area contributed by atoms with Crippen molar-refractivity contribution in [1.29, 1.82) is 0 Å². The van der Waals surface area contributed by atoms with Crippen LogP contribution in [-0.2, 0) is 0 Å². The van der Waals surface area contributed by atoms with Gasteiger partial charge in [0.05, 0.1) is 6.30 Å². The van der Waals surface area contributed by atoms with Crippen molar-refractivity contribution in [3.05, 3.63) is 11.4 Å². The van der Waals surface area contributed by atoms with Gasteiger partial charge < -0.3 is 0 Å². The van der Waals surface area contributed by atoms with E-state index in [1.807, 2.05) is 0 Å². The van der Waals surface area contributed by atoms with Gasteiger partial charge in [0.25, 0.3) is 0 Å². The summed E-state index contributed by atoms with van der Waals surface area (Å²) in [5.74, 6) is 2.97. The van der Waals surface area contributed by atoms with Crippen LogP contribution in [0.1, 0.15) is 20.8 Å². The number of hydrogen-bond donors (Lipinski definition) is 0. The largest absolute Gasteiger partial charge is 0.113 e. The van der Waals surface area contributed by atoms with Crippen molar-refractivity contribution in [2.24, 2.45) is 5.92 Å². The van der Waals surface area contributed by atoms with Crippen LogP contribution in [-0.4, -0.2) is 13.0 Å². The summed E-state index contributed by atoms with van der Waals surface area (Å²) in [6.07, 6.45) is 3.95. The first-order chi connectivity index (χ1) is 4.04. The van der Waals surface area contributed by atoms with E-state index >= 15 is 0 Å². The minimum atomic E-state index is -0.0844. The first-order valence-corrected chi connectivity index (χ1v) is 5.30. The lowest BCUT2D eigenvalue weighted by atomic mass is 10.1. The molecule has 1 unspecified atom stereocenters. The fraction of sp³-hybridized carbons (Fsp3) is 0.625. The molecular formula is C8H16P+. The van der Waals surface area contributed by atoms with Crippen LogP contribution in [0.15, 0.2) is 11.4 Å². The molecule has 0 nitrogen and oxygen atoms in total. The van der Waals surface area contributed by atoms with Gasteiger partial charge in [-0.25, -0.2) is 0 Å². The zero-order chi connectivity index (χ0) is 7.44. The number of hydrogen-bond acceptors (Lipinski definition) is 0. The zero-order valence-corrected chi connectivity index (χ0v) is 7.70. The molecule has 0 rings (SSSR count). The summed E-state index contributed by atoms with van der Waals surface area (Å²) in [4.78, 5) is 0. The molecule has 0 aromatic heterocycles. The van der Waals surface area contributed by atoms with Crippen molar-refractivity contribution in [1.82, 2.24) is 0 Å². The van der Waals surface area contributed by atoms with E-state index in [2.05, 4.69) is 39.6 Å². The van der Waals surface area contributed by atoms with Crippen molar-refractivity contribution in [2.75, 3.05) is 6.66 Å². The second-order valence-corrected chi connectivity index (χ2v) is 4.56. The Labute approximate surface area is 59.4 Å². The zero-order valence-electron chi connectivity index (χ0n) is 6.81. The van der Waals surface area contributed by atoms with Crippen LogP contribution in [0, 0.1) is 5.92 Å². The summed E-state index contributed by atoms with van der Waals surface area (Å²) in [7, 11) is -0.0844. The van der Waals surface area contributed by atoms with Crippen LogP contribution in [0.2, 0.25) is 0 Å². The predicted molar refractivity (Wildman–Crippen MR) is 48.6 cm³/mol. The van der Waals surface area contributed by atoms with E-state index in [4.69, 9.17) is 0 Å². The van der Waals surface area contributed by atoms with Gasteiger partial charge in [0, 0.05) is 0 Å². The first-order valence-electron chi connectivity index (χ1n) is 3.25. The van der Waals surface area contributed by atoms with Gasteiger partial charge in [0.2, 0.25) is 0 Å². The van der Waals surface area contributed by atoms with Gasteiger partial charge in [-0.15, -0.1) is 0 Å². The normalized spacial score (nSPS) is 14.3. The molecule has 9 heavy (non-hydrogen) atoms. The van der Waals surface area contributed by atoms with Crippen LogP contribution < -0.4 is 0 Å². The highest BCUT2D eigenvalue weighted by Gasteiger charge is 1.98. The third kappa shape index (κ3) is 4.42. The van der Waals surface area contributed by atoms with Gasteiger partial charge in [-0.2, -0.15) is 0 Å². The molecule has 0 spiro atoms. The van der Waals surface area contributed by atoms with Crippen molar-refractivity contribution in [3.8, 4) is 0 Å². The van der Waals surface area contributed by atoms with Gasteiger partial charge in [0.1, 0.15) is 20.0 Å². The summed E-state index contributed by atoms with van der Waals surface area (Å²) < 4.78 is 0. The van der Waals surface area contributed by atoms with Crippen LogP contribution in [0.25, 0.3) is 0 Å². The molecule has 0 amide bonds. The molecule has 0 bridgehead atoms. The maximum absolute atomic E-state index is 3.95. The molecule has 52 valence electrons. The van der Waals surface area contributed by atoms with E-state index in [-0.39, 0.29) is 7.55 Å². The van der Waals surface area contributed by atoms with Crippen molar-refractivity contribution >= 4 is 13.8 Å². The molecule has 0 heterocycles. The maximum Gasteiger partial charge on any atom is 0.113 e. The third-order valence-electron chi connectivity index (χ3n) is 1.33. The molecule has 0 aliphatic carbocycles. The average Bonchev–Trinajstić information content (AvgIpc) is 1.63. The molecule has 0 fully saturated rings. The van der Waals surface area contributed by atoms with Gasteiger partial charge in [-0.05, 0) is 18.4 Å². The lowest BCUT2D eigenvalue weighted by molar-refractivity contribution is 0.772. The van der Waals surface area contributed by atoms with E-state index in [0.717, 1.165) is 0 Å². The summed E-state index contributed by atoms with van der Waals surface area (Å²) >= 11 is 0. The van der Waals surface area contributed by atoms with Gasteiger partial charge in [-0.1, -0.05) is 13.8 Å². The van der Waals surface area contributed by atoms with Crippen molar-refractivity contribution < 1.29 is 0 Å². The molecule has 1 atom stereocenters. The Morgan fingerprint density at radius 2 is 2.00 bits per heavy atom. The van der Waals surface area contributed by atoms with Gasteiger partial charge in [-0.3, -0.25) is 0 Å². The van der Waals surface area contributed by atoms with E-state index in [9.17, 15) is 0 Å². The summed E-state index contributed by atoms with van der Waals surface area (Å²) in [5, 5.41) is 0. The average molecular weight is 143 g/mol. The number of allylic oxidation sites excluding steroid dienone is 1. The van der Waals surface area contributed by atoms with Crippen LogP contribution in [0.4, 0.5) is 0 Å². The second kappa shape index (κ2) is 3.85. The predicted octanol–water partition coefficient (Wildman–Crippen LogP) is 3.09. The van der Waals surface area contributed by atoms with Crippen LogP contribution in [0.3, 0.4) is 0 Å². The SMILES string of the molecule is C=[P+](C)C=C(C)C(C)C. The molecule has 0 aliphatic rings. The Hall–Kier alpha value is -0.0900. The van der Waals surface area contributed by atoms with Crippen LogP contribution >= 0.6 is 7.55 Å². The molecular weight excluding hydrogens is 127 g/mol. The smallest absolute Gasteiger partial charge is 0.0589 e. The summed E-state index contributed by atoms with van der Waals surface area (Å²) in [5.41, 5.74) is 1.47. The molecule has 0 aromatic carbocycles. The van der Waals surface area contributed by atoms with Gasteiger partial charge >= 0.3 is 0 Å². The standard InChI is InChI=1S/C8H16P/c1-7(2)8(3)6-9(4)5/h6-7H,4H2,1-3,5H3/q+1. The molecule has 0 aliphatic heterocycles. The Morgan fingerprint density at radius 3 is 2.11 bits per heavy atom. The van der Waals surface area contributed by atoms with E-state index in [1.165, 1.54) is 5.57 Å². The molecule has 0 N–H and O–H groups in total. The minimum absolute atomic E-state index is 0.0844. The quantitative estimate of drug-likeness (QED) is 0.521. The highest BCUT2D eigenvalue weighted by Crippen LogP contribution is 2.21. The molecule has 0 saturated heterocycles. The topological polar surface area (TPSA) is 0 Å². The lowest BCUT2D eigenvalue weighted by Gasteiger charge is -1.99. The highest BCUT2D eigenvalue weighted by atomic mass is 31.1. The monoisotopic (exact) mass is 143 g/mol. The minimum Gasteiger partial charge on any atom is -0.0589 e. The third-order valence-corrected chi connectivity index (χ3v) is 2.18. The Kier molecular flexibility index (Phi) is 3.81. The Morgan fingerprint density at radius 1 is 1.56 bits per heavy atom. The van der Waals surface area contributed by atoms with Gasteiger partial charge in [0.15, 0.2) is 0 Å². The fourth-order valence-electron chi connectivity index (χ4n) is 0.497. The van der Waals surface area contributed by atoms with E-state index < -0.39 is 0 Å². The van der Waals surface area contributed by atoms with Crippen LogP contribution in [0.5, 0.6) is 0 Å². The van der Waals surface area contributed by atoms with Crippen molar-refractivity contribution in [3.63, 3.8) is 0 Å². The number of rotatable bonds is 2. The molecule has 1 heteroatoms. The highest BCUT2D eigenvalue weighted by molar-refractivity contribution is 7.58. The second-order valence-electron chi connectivity index (χ2n) is 2.78. The van der Waals surface area contributed by atoms with E-state index in [0.29, 0.717) is 5.92 Å². The fourth-order valence-corrected chi connectivity index (χ4v) is 1.49. The Balaban J connectivity index is 4.00. The first kappa shape index (κ1) is 8.91. The maximum atomic E-state index is 3.95.